The maximum absolute atomic E-state index is 12.8. The number of hydrogen-bond acceptors (Lipinski definition) is 1. The van der Waals surface area contributed by atoms with E-state index in [1.165, 1.54) is 6.08 Å². The zero-order valence-corrected chi connectivity index (χ0v) is 9.98. The molecule has 0 aromatic rings. The van der Waals surface area contributed by atoms with E-state index in [1.54, 1.807) is 0 Å². The lowest BCUT2D eigenvalue weighted by Crippen LogP contribution is -2.62. The number of aliphatic hydroxyl groups is 1. The summed E-state index contributed by atoms with van der Waals surface area (Å²) in [5.74, 6) is -2.59. The van der Waals surface area contributed by atoms with E-state index in [1.807, 2.05) is 0 Å². The van der Waals surface area contributed by atoms with Gasteiger partial charge < -0.3 is 5.11 Å². The van der Waals surface area contributed by atoms with Gasteiger partial charge in [0.2, 0.25) is 0 Å². The van der Waals surface area contributed by atoms with Crippen molar-refractivity contribution in [3.8, 4) is 0 Å². The molecule has 110 valence electrons. The third-order valence-corrected chi connectivity index (χ3v) is 4.71. The van der Waals surface area contributed by atoms with Crippen molar-refractivity contribution >= 4 is 0 Å². The standard InChI is InChI=1S/C12H14F6O/c1-2-9-4-3-7(5-9)8(6-9)10(19,11(13,14)15)12(16,17)18/h2,7-8,19H,1,3-6H2. The molecule has 0 amide bonds. The first kappa shape index (κ1) is 14.7. The SMILES string of the molecule is C=CC12CCC(C1)C(C(O)(C(F)(F)F)C(F)(F)F)C2. The van der Waals surface area contributed by atoms with Gasteiger partial charge in [-0.1, -0.05) is 6.08 Å². The fourth-order valence-corrected chi connectivity index (χ4v) is 3.67. The first-order chi connectivity index (χ1) is 8.47. The van der Waals surface area contributed by atoms with Crippen LogP contribution in [0.4, 0.5) is 26.3 Å². The Morgan fingerprint density at radius 1 is 1.05 bits per heavy atom. The van der Waals surface area contributed by atoms with Crippen molar-refractivity contribution in [3.63, 3.8) is 0 Å². The number of hydrogen-bond donors (Lipinski definition) is 1. The Morgan fingerprint density at radius 2 is 1.58 bits per heavy atom. The molecular weight excluding hydrogens is 274 g/mol. The van der Waals surface area contributed by atoms with E-state index < -0.39 is 35.2 Å². The molecule has 1 nitrogen and oxygen atoms in total. The van der Waals surface area contributed by atoms with Crippen molar-refractivity contribution in [2.45, 2.75) is 43.6 Å². The average molecular weight is 288 g/mol. The fraction of sp³-hybridized carbons (Fsp3) is 0.833. The van der Waals surface area contributed by atoms with Crippen LogP contribution in [0.1, 0.15) is 25.7 Å². The summed E-state index contributed by atoms with van der Waals surface area (Å²) >= 11 is 0. The summed E-state index contributed by atoms with van der Waals surface area (Å²) < 4.78 is 76.9. The second-order valence-corrected chi connectivity index (χ2v) is 5.64. The molecule has 2 aliphatic carbocycles. The first-order valence-corrected chi connectivity index (χ1v) is 5.96. The predicted molar refractivity (Wildman–Crippen MR) is 55.1 cm³/mol. The van der Waals surface area contributed by atoms with E-state index >= 15 is 0 Å². The van der Waals surface area contributed by atoms with Gasteiger partial charge in [0, 0.05) is 5.92 Å². The second-order valence-electron chi connectivity index (χ2n) is 5.64. The maximum Gasteiger partial charge on any atom is 0.426 e. The molecule has 19 heavy (non-hydrogen) atoms. The van der Waals surface area contributed by atoms with Gasteiger partial charge in [0.25, 0.3) is 5.60 Å². The topological polar surface area (TPSA) is 20.2 Å². The molecule has 2 bridgehead atoms. The number of allylic oxidation sites excluding steroid dienone is 1. The summed E-state index contributed by atoms with van der Waals surface area (Å²) in [7, 11) is 0. The van der Waals surface area contributed by atoms with Crippen molar-refractivity contribution in [1.82, 2.24) is 0 Å². The normalized spacial score (nSPS) is 35.7. The minimum Gasteiger partial charge on any atom is -0.373 e. The monoisotopic (exact) mass is 288 g/mol. The van der Waals surface area contributed by atoms with Gasteiger partial charge in [-0.25, -0.2) is 0 Å². The zero-order chi connectivity index (χ0) is 14.7. The smallest absolute Gasteiger partial charge is 0.373 e. The van der Waals surface area contributed by atoms with Crippen LogP contribution in [0.15, 0.2) is 12.7 Å². The third-order valence-electron chi connectivity index (χ3n) is 4.71. The minimum atomic E-state index is -5.72. The highest BCUT2D eigenvalue weighted by Gasteiger charge is 2.76. The van der Waals surface area contributed by atoms with Crippen LogP contribution in [0.25, 0.3) is 0 Å². The van der Waals surface area contributed by atoms with E-state index in [9.17, 15) is 31.4 Å². The lowest BCUT2D eigenvalue weighted by Gasteiger charge is -2.41. The first-order valence-electron chi connectivity index (χ1n) is 5.96. The fourth-order valence-electron chi connectivity index (χ4n) is 3.67. The van der Waals surface area contributed by atoms with Crippen LogP contribution in [0, 0.1) is 17.3 Å². The van der Waals surface area contributed by atoms with Crippen LogP contribution < -0.4 is 0 Å². The Morgan fingerprint density at radius 3 is 1.95 bits per heavy atom. The molecule has 2 fully saturated rings. The Bertz CT molecular complexity index is 371. The van der Waals surface area contributed by atoms with Gasteiger partial charge in [-0.05, 0) is 37.0 Å². The highest BCUT2D eigenvalue weighted by molar-refractivity contribution is 5.15. The van der Waals surface area contributed by atoms with Crippen molar-refractivity contribution in [2.24, 2.45) is 17.3 Å². The van der Waals surface area contributed by atoms with Gasteiger partial charge in [-0.2, -0.15) is 26.3 Å². The van der Waals surface area contributed by atoms with Crippen LogP contribution in [0.2, 0.25) is 0 Å². The van der Waals surface area contributed by atoms with E-state index in [0.29, 0.717) is 6.42 Å². The lowest BCUT2D eigenvalue weighted by atomic mass is 9.72. The quantitative estimate of drug-likeness (QED) is 0.604. The largest absolute Gasteiger partial charge is 0.426 e. The van der Waals surface area contributed by atoms with Crippen LogP contribution in [0.5, 0.6) is 0 Å². The van der Waals surface area contributed by atoms with Crippen LogP contribution >= 0.6 is 0 Å². The Balaban J connectivity index is 2.41. The molecule has 3 unspecified atom stereocenters. The summed E-state index contributed by atoms with van der Waals surface area (Å²) in [6, 6.07) is 0. The van der Waals surface area contributed by atoms with E-state index in [4.69, 9.17) is 0 Å². The number of halogens is 6. The molecular formula is C12H14F6O. The molecule has 0 aromatic heterocycles. The molecule has 0 aliphatic heterocycles. The molecule has 2 rings (SSSR count). The highest BCUT2D eigenvalue weighted by atomic mass is 19.4. The van der Waals surface area contributed by atoms with Crippen molar-refractivity contribution in [1.29, 1.82) is 0 Å². The van der Waals surface area contributed by atoms with E-state index in [2.05, 4.69) is 6.58 Å². The molecule has 1 N–H and O–H groups in total. The average Bonchev–Trinajstić information content (AvgIpc) is 2.83. The van der Waals surface area contributed by atoms with E-state index in [-0.39, 0.29) is 19.3 Å². The van der Waals surface area contributed by atoms with Crippen LogP contribution in [0.3, 0.4) is 0 Å². The molecule has 0 heterocycles. The minimum absolute atomic E-state index is 0.246. The van der Waals surface area contributed by atoms with Gasteiger partial charge in [0.1, 0.15) is 0 Å². The lowest BCUT2D eigenvalue weighted by molar-refractivity contribution is -0.389. The van der Waals surface area contributed by atoms with Crippen LogP contribution in [-0.2, 0) is 0 Å². The Labute approximate surface area is 106 Å². The van der Waals surface area contributed by atoms with Crippen molar-refractivity contribution in [3.05, 3.63) is 12.7 Å². The van der Waals surface area contributed by atoms with Gasteiger partial charge in [-0.15, -0.1) is 6.58 Å². The molecule has 2 saturated carbocycles. The number of alkyl halides is 6. The molecule has 0 spiro atoms. The number of fused-ring (bicyclic) bond motifs is 2. The Hall–Kier alpha value is -0.720. The second kappa shape index (κ2) is 3.90. The van der Waals surface area contributed by atoms with Crippen molar-refractivity contribution in [2.75, 3.05) is 0 Å². The van der Waals surface area contributed by atoms with E-state index in [0.717, 1.165) is 0 Å². The molecule has 0 aromatic carbocycles. The molecule has 0 radical (unpaired) electrons. The highest BCUT2D eigenvalue weighted by Crippen LogP contribution is 2.64. The van der Waals surface area contributed by atoms with Gasteiger partial charge in [0.05, 0.1) is 0 Å². The van der Waals surface area contributed by atoms with Gasteiger partial charge in [-0.3, -0.25) is 0 Å². The summed E-state index contributed by atoms with van der Waals surface area (Å²) in [6.45, 7) is 3.51. The molecule has 7 heteroatoms. The van der Waals surface area contributed by atoms with Crippen molar-refractivity contribution < 1.29 is 31.4 Å². The summed E-state index contributed by atoms with van der Waals surface area (Å²) in [4.78, 5) is 0. The Kier molecular flexibility index (Phi) is 3.01. The number of rotatable bonds is 2. The molecule has 3 atom stereocenters. The van der Waals surface area contributed by atoms with Gasteiger partial charge in [0.15, 0.2) is 0 Å². The third kappa shape index (κ3) is 1.88. The summed E-state index contributed by atoms with van der Waals surface area (Å²) in [6.07, 6.45) is -9.24. The molecule has 0 saturated heterocycles. The van der Waals surface area contributed by atoms with Crippen LogP contribution in [-0.4, -0.2) is 23.1 Å². The zero-order valence-electron chi connectivity index (χ0n) is 9.98. The predicted octanol–water partition coefficient (Wildman–Crippen LogP) is 3.83. The summed E-state index contributed by atoms with van der Waals surface area (Å²) in [5, 5.41) is 9.43. The summed E-state index contributed by atoms with van der Waals surface area (Å²) in [5.41, 5.74) is -5.30. The molecule has 2 aliphatic rings. The van der Waals surface area contributed by atoms with Gasteiger partial charge >= 0.3 is 12.4 Å². The maximum atomic E-state index is 12.8.